The van der Waals surface area contributed by atoms with Crippen LogP contribution in [0.15, 0.2) is 42.5 Å². The molecule has 2 rings (SSSR count). The molecule has 0 fully saturated rings. The molecule has 2 aromatic rings. The molecule has 3 amide bonds. The highest BCUT2D eigenvalue weighted by molar-refractivity contribution is 6.48. The third-order valence-corrected chi connectivity index (χ3v) is 3.31. The normalized spacial score (nSPS) is 10.1. The first kappa shape index (κ1) is 17.3. The maximum Gasteiger partial charge on any atom is 0.323 e. The maximum atomic E-state index is 12.3. The Hall–Kier alpha value is -3.06. The van der Waals surface area contributed by atoms with Crippen molar-refractivity contribution in [2.45, 2.75) is 6.92 Å². The lowest BCUT2D eigenvalue weighted by molar-refractivity contribution is -0.136. The molecule has 8 heteroatoms. The first-order chi connectivity index (χ1) is 11.3. The predicted octanol–water partition coefficient (Wildman–Crippen LogP) is 2.15. The molecule has 0 aliphatic carbocycles. The van der Waals surface area contributed by atoms with Gasteiger partial charge in [0.2, 0.25) is 5.91 Å². The fourth-order valence-corrected chi connectivity index (χ4v) is 2.12. The van der Waals surface area contributed by atoms with Crippen molar-refractivity contribution in [1.29, 1.82) is 0 Å². The Kier molecular flexibility index (Phi) is 5.05. The van der Waals surface area contributed by atoms with Gasteiger partial charge in [-0.15, -0.1) is 0 Å². The largest absolute Gasteiger partial charge is 0.506 e. The molecule has 124 valence electrons. The second-order valence-electron chi connectivity index (χ2n) is 4.87. The Morgan fingerprint density at radius 3 is 2.33 bits per heavy atom. The number of carbonyl (C=O) groups excluding carboxylic acids is 3. The van der Waals surface area contributed by atoms with Gasteiger partial charge in [0.05, 0.1) is 11.4 Å². The Labute approximate surface area is 142 Å². The molecule has 0 radical (unpaired) electrons. The number of phenolic OH excluding ortho intramolecular Hbond substituents is 1. The zero-order valence-electron chi connectivity index (χ0n) is 12.6. The number of nitrogens with zero attached hydrogens (tertiary/aromatic N) is 1. The summed E-state index contributed by atoms with van der Waals surface area (Å²) in [6.07, 6.45) is 0. The average Bonchev–Trinajstić information content (AvgIpc) is 2.52. The summed E-state index contributed by atoms with van der Waals surface area (Å²) < 4.78 is 0. The second-order valence-corrected chi connectivity index (χ2v) is 5.30. The van der Waals surface area contributed by atoms with E-state index in [1.165, 1.54) is 42.5 Å². The lowest BCUT2D eigenvalue weighted by atomic mass is 10.2. The number of carbonyl (C=O) groups is 3. The van der Waals surface area contributed by atoms with E-state index in [4.69, 9.17) is 17.3 Å². The highest BCUT2D eigenvalue weighted by Crippen LogP contribution is 2.26. The summed E-state index contributed by atoms with van der Waals surface area (Å²) >= 11 is 5.78. The molecule has 0 unspecified atom stereocenters. The van der Waals surface area contributed by atoms with Crippen LogP contribution in [0.4, 0.5) is 17.1 Å². The van der Waals surface area contributed by atoms with Crippen LogP contribution in [0.5, 0.6) is 5.75 Å². The van der Waals surface area contributed by atoms with Crippen molar-refractivity contribution >= 4 is 46.4 Å². The molecular formula is C16H14ClN3O4. The van der Waals surface area contributed by atoms with E-state index in [1.54, 1.807) is 0 Å². The maximum absolute atomic E-state index is 12.3. The standard InChI is InChI=1S/C16H14ClN3O4/c1-9(21)20(12-5-3-11(18)4-6-12)16(24)15(23)19-13-8-10(17)2-7-14(13)22/h2-8,22H,18H2,1H3,(H,19,23). The predicted molar refractivity (Wildman–Crippen MR) is 90.8 cm³/mol. The highest BCUT2D eigenvalue weighted by Gasteiger charge is 2.27. The molecule has 0 saturated heterocycles. The summed E-state index contributed by atoms with van der Waals surface area (Å²) in [4.78, 5) is 36.9. The minimum Gasteiger partial charge on any atom is -0.506 e. The minimum absolute atomic E-state index is 0.0401. The number of aromatic hydroxyl groups is 1. The SMILES string of the molecule is CC(=O)N(C(=O)C(=O)Nc1cc(Cl)ccc1O)c1ccc(N)cc1. The summed E-state index contributed by atoms with van der Waals surface area (Å²) in [7, 11) is 0. The number of hydrogen-bond donors (Lipinski definition) is 3. The topological polar surface area (TPSA) is 113 Å². The van der Waals surface area contributed by atoms with Crippen LogP contribution in [-0.4, -0.2) is 22.8 Å². The van der Waals surface area contributed by atoms with Crippen molar-refractivity contribution in [3.05, 3.63) is 47.5 Å². The van der Waals surface area contributed by atoms with Crippen molar-refractivity contribution in [1.82, 2.24) is 0 Å². The van der Waals surface area contributed by atoms with E-state index in [-0.39, 0.29) is 22.1 Å². The number of amides is 3. The van der Waals surface area contributed by atoms with Crippen LogP contribution < -0.4 is 16.0 Å². The summed E-state index contributed by atoms with van der Waals surface area (Å²) in [5.74, 6) is -3.11. The molecule has 0 spiro atoms. The van der Waals surface area contributed by atoms with Gasteiger partial charge in [-0.3, -0.25) is 14.4 Å². The number of phenols is 1. The summed E-state index contributed by atoms with van der Waals surface area (Å²) in [6, 6.07) is 9.86. The third-order valence-electron chi connectivity index (χ3n) is 3.07. The fraction of sp³-hybridized carbons (Fsp3) is 0.0625. The summed E-state index contributed by atoms with van der Waals surface area (Å²) in [6.45, 7) is 1.15. The number of rotatable bonds is 2. The quantitative estimate of drug-likeness (QED) is 0.437. The van der Waals surface area contributed by atoms with Crippen LogP contribution in [0.1, 0.15) is 6.92 Å². The second kappa shape index (κ2) is 7.01. The molecular weight excluding hydrogens is 334 g/mol. The van der Waals surface area contributed by atoms with Gasteiger partial charge in [-0.05, 0) is 42.5 Å². The molecule has 0 heterocycles. The Bertz CT molecular complexity index is 805. The van der Waals surface area contributed by atoms with Gasteiger partial charge in [0.25, 0.3) is 0 Å². The zero-order valence-corrected chi connectivity index (χ0v) is 13.4. The van der Waals surface area contributed by atoms with Gasteiger partial charge in [-0.1, -0.05) is 11.6 Å². The van der Waals surface area contributed by atoms with Crippen molar-refractivity contribution in [3.8, 4) is 5.75 Å². The minimum atomic E-state index is -1.10. The third kappa shape index (κ3) is 3.82. The fourth-order valence-electron chi connectivity index (χ4n) is 1.95. The van der Waals surface area contributed by atoms with E-state index < -0.39 is 17.7 Å². The van der Waals surface area contributed by atoms with E-state index in [2.05, 4.69) is 5.32 Å². The number of imide groups is 1. The molecule has 0 aliphatic heterocycles. The van der Waals surface area contributed by atoms with Gasteiger partial charge >= 0.3 is 11.8 Å². The van der Waals surface area contributed by atoms with Gasteiger partial charge in [-0.2, -0.15) is 0 Å². The molecule has 0 bridgehead atoms. The van der Waals surface area contributed by atoms with E-state index >= 15 is 0 Å². The van der Waals surface area contributed by atoms with E-state index in [1.807, 2.05) is 0 Å². The molecule has 24 heavy (non-hydrogen) atoms. The molecule has 0 saturated carbocycles. The number of benzene rings is 2. The molecule has 2 aromatic carbocycles. The summed E-state index contributed by atoms with van der Waals surface area (Å²) in [5, 5.41) is 12.2. The zero-order chi connectivity index (χ0) is 17.9. The smallest absolute Gasteiger partial charge is 0.323 e. The lowest BCUT2D eigenvalue weighted by Gasteiger charge is -2.19. The molecule has 0 aromatic heterocycles. The Morgan fingerprint density at radius 2 is 1.75 bits per heavy atom. The first-order valence-electron chi connectivity index (χ1n) is 6.79. The number of nitrogen functional groups attached to an aromatic ring is 1. The molecule has 7 nitrogen and oxygen atoms in total. The molecule has 0 aliphatic rings. The van der Waals surface area contributed by atoms with Crippen molar-refractivity contribution in [3.63, 3.8) is 0 Å². The van der Waals surface area contributed by atoms with Gasteiger partial charge in [0, 0.05) is 17.6 Å². The van der Waals surface area contributed by atoms with Crippen LogP contribution in [0.25, 0.3) is 0 Å². The van der Waals surface area contributed by atoms with Gasteiger partial charge in [0.15, 0.2) is 0 Å². The van der Waals surface area contributed by atoms with Crippen molar-refractivity contribution in [2.75, 3.05) is 16.0 Å². The Balaban J connectivity index is 2.26. The van der Waals surface area contributed by atoms with Gasteiger partial charge in [0.1, 0.15) is 5.75 Å². The number of anilines is 3. The number of hydrogen-bond acceptors (Lipinski definition) is 5. The highest BCUT2D eigenvalue weighted by atomic mass is 35.5. The monoisotopic (exact) mass is 347 g/mol. The van der Waals surface area contributed by atoms with Gasteiger partial charge in [-0.25, -0.2) is 4.90 Å². The van der Waals surface area contributed by atoms with Crippen molar-refractivity contribution in [2.24, 2.45) is 0 Å². The van der Waals surface area contributed by atoms with E-state index in [0.29, 0.717) is 10.6 Å². The van der Waals surface area contributed by atoms with Crippen LogP contribution in [0.2, 0.25) is 5.02 Å². The molecule has 4 N–H and O–H groups in total. The van der Waals surface area contributed by atoms with Crippen LogP contribution in [-0.2, 0) is 14.4 Å². The molecule has 0 atom stereocenters. The van der Waals surface area contributed by atoms with Crippen molar-refractivity contribution < 1.29 is 19.5 Å². The summed E-state index contributed by atoms with van der Waals surface area (Å²) in [5.41, 5.74) is 6.17. The van der Waals surface area contributed by atoms with Crippen LogP contribution >= 0.6 is 11.6 Å². The average molecular weight is 348 g/mol. The number of nitrogens with two attached hydrogens (primary N) is 1. The number of nitrogens with one attached hydrogen (secondary N) is 1. The Morgan fingerprint density at radius 1 is 1.12 bits per heavy atom. The number of halogens is 1. The van der Waals surface area contributed by atoms with Crippen LogP contribution in [0.3, 0.4) is 0 Å². The lowest BCUT2D eigenvalue weighted by Crippen LogP contribution is -2.42. The van der Waals surface area contributed by atoms with E-state index in [0.717, 1.165) is 6.92 Å². The van der Waals surface area contributed by atoms with E-state index in [9.17, 15) is 19.5 Å². The van der Waals surface area contributed by atoms with Crippen LogP contribution in [0, 0.1) is 0 Å². The van der Waals surface area contributed by atoms with Gasteiger partial charge < -0.3 is 16.2 Å². The first-order valence-corrected chi connectivity index (χ1v) is 7.17.